The molecule has 0 atom stereocenters. The average Bonchev–Trinajstić information content (AvgIpc) is 3.70. The standard InChI is InChI=1S/C38H40N8O5/c1-37(2,3)51-36(49)42-31-20-30(33-39-17-18-46(33)43-31)41-28-11-8-10-25(32(28)50-6)23-13-14-26-27(19-23)38(15-16-38)22-45(34(26)47)21-24-9-7-12-29(40-24)35(48)44(4)5/h7-14,17-20,41H,15-16,21-22H2,1-6H3,(H,42,43,49). The maximum Gasteiger partial charge on any atom is 0.413 e. The van der Waals surface area contributed by atoms with E-state index in [0.29, 0.717) is 52.8 Å². The van der Waals surface area contributed by atoms with Crippen LogP contribution in [0, 0.1) is 0 Å². The van der Waals surface area contributed by atoms with Gasteiger partial charge in [-0.1, -0.05) is 24.3 Å². The molecule has 13 nitrogen and oxygen atoms in total. The number of para-hydroxylation sites is 1. The number of pyridine rings is 1. The lowest BCUT2D eigenvalue weighted by atomic mass is 9.84. The van der Waals surface area contributed by atoms with Crippen molar-refractivity contribution in [2.45, 2.75) is 51.2 Å². The second-order valence-corrected chi connectivity index (χ2v) is 14.2. The lowest BCUT2D eigenvalue weighted by Gasteiger charge is -2.35. The second-order valence-electron chi connectivity index (χ2n) is 14.2. The Morgan fingerprint density at radius 3 is 2.51 bits per heavy atom. The molecule has 262 valence electrons. The van der Waals surface area contributed by atoms with Gasteiger partial charge < -0.3 is 24.6 Å². The van der Waals surface area contributed by atoms with Crippen molar-refractivity contribution in [2.24, 2.45) is 0 Å². The highest BCUT2D eigenvalue weighted by atomic mass is 16.6. The molecule has 0 radical (unpaired) electrons. The van der Waals surface area contributed by atoms with Gasteiger partial charge in [-0.25, -0.2) is 19.3 Å². The first-order valence-corrected chi connectivity index (χ1v) is 16.7. The molecule has 2 aromatic carbocycles. The van der Waals surface area contributed by atoms with Crippen molar-refractivity contribution in [1.29, 1.82) is 0 Å². The van der Waals surface area contributed by atoms with Gasteiger partial charge in [0.2, 0.25) is 0 Å². The predicted octanol–water partition coefficient (Wildman–Crippen LogP) is 6.28. The van der Waals surface area contributed by atoms with Crippen LogP contribution in [0.3, 0.4) is 0 Å². The van der Waals surface area contributed by atoms with Crippen molar-refractivity contribution in [3.8, 4) is 16.9 Å². The highest BCUT2D eigenvalue weighted by molar-refractivity contribution is 5.99. The van der Waals surface area contributed by atoms with Crippen LogP contribution in [0.4, 0.5) is 22.0 Å². The fourth-order valence-corrected chi connectivity index (χ4v) is 6.55. The molecule has 7 rings (SSSR count). The lowest BCUT2D eigenvalue weighted by Crippen LogP contribution is -2.43. The number of nitrogens with one attached hydrogen (secondary N) is 2. The van der Waals surface area contributed by atoms with Crippen molar-refractivity contribution in [3.63, 3.8) is 0 Å². The van der Waals surface area contributed by atoms with E-state index in [2.05, 4.69) is 31.8 Å². The molecular weight excluding hydrogens is 648 g/mol. The van der Waals surface area contributed by atoms with Crippen molar-refractivity contribution in [1.82, 2.24) is 29.4 Å². The number of anilines is 3. The van der Waals surface area contributed by atoms with Crippen LogP contribution < -0.4 is 15.4 Å². The molecule has 3 aromatic heterocycles. The van der Waals surface area contributed by atoms with E-state index in [9.17, 15) is 14.4 Å². The summed E-state index contributed by atoms with van der Waals surface area (Å²) in [5.41, 5.74) is 5.54. The Morgan fingerprint density at radius 2 is 1.78 bits per heavy atom. The summed E-state index contributed by atoms with van der Waals surface area (Å²) >= 11 is 0. The number of carbonyl (C=O) groups excluding carboxylic acids is 3. The first-order valence-electron chi connectivity index (χ1n) is 16.7. The zero-order valence-electron chi connectivity index (χ0n) is 29.5. The Bertz CT molecular complexity index is 2180. The van der Waals surface area contributed by atoms with E-state index in [1.165, 1.54) is 4.90 Å². The fourth-order valence-electron chi connectivity index (χ4n) is 6.55. The van der Waals surface area contributed by atoms with Crippen LogP contribution in [0.25, 0.3) is 16.8 Å². The molecule has 51 heavy (non-hydrogen) atoms. The number of aromatic nitrogens is 4. The second kappa shape index (κ2) is 12.7. The van der Waals surface area contributed by atoms with Crippen molar-refractivity contribution < 1.29 is 23.9 Å². The summed E-state index contributed by atoms with van der Waals surface area (Å²) in [5.74, 6) is 0.650. The number of ether oxygens (including phenoxy) is 2. The molecule has 0 saturated heterocycles. The van der Waals surface area contributed by atoms with Gasteiger partial charge in [-0.2, -0.15) is 0 Å². The summed E-state index contributed by atoms with van der Waals surface area (Å²) in [6.45, 7) is 6.28. The molecule has 2 aliphatic rings. The summed E-state index contributed by atoms with van der Waals surface area (Å²) in [7, 11) is 5.00. The molecule has 1 aliphatic carbocycles. The summed E-state index contributed by atoms with van der Waals surface area (Å²) in [6.07, 6.45) is 4.64. The average molecular weight is 689 g/mol. The summed E-state index contributed by atoms with van der Waals surface area (Å²) in [5, 5.41) is 10.6. The normalized spacial score (nSPS) is 14.6. The van der Waals surface area contributed by atoms with E-state index in [1.54, 1.807) is 71.0 Å². The number of hydrogen-bond donors (Lipinski definition) is 2. The number of hydrogen-bond acceptors (Lipinski definition) is 9. The van der Waals surface area contributed by atoms with Gasteiger partial charge in [-0.15, -0.1) is 5.10 Å². The van der Waals surface area contributed by atoms with Crippen LogP contribution in [-0.2, 0) is 16.7 Å². The molecule has 4 heterocycles. The fraction of sp³-hybridized carbons (Fsp3) is 0.316. The van der Waals surface area contributed by atoms with Crippen LogP contribution in [0.15, 0.2) is 73.1 Å². The van der Waals surface area contributed by atoms with Crippen LogP contribution in [0.1, 0.15) is 65.7 Å². The van der Waals surface area contributed by atoms with Gasteiger partial charge in [0.25, 0.3) is 11.8 Å². The molecule has 1 saturated carbocycles. The third kappa shape index (κ3) is 6.66. The summed E-state index contributed by atoms with van der Waals surface area (Å²) in [6, 6.07) is 18.9. The smallest absolute Gasteiger partial charge is 0.413 e. The van der Waals surface area contributed by atoms with Crippen LogP contribution in [0.2, 0.25) is 0 Å². The quantitative estimate of drug-likeness (QED) is 0.193. The predicted molar refractivity (Wildman–Crippen MR) is 192 cm³/mol. The Balaban J connectivity index is 1.17. The largest absolute Gasteiger partial charge is 0.494 e. The third-order valence-electron chi connectivity index (χ3n) is 9.03. The molecule has 0 bridgehead atoms. The highest BCUT2D eigenvalue weighted by Gasteiger charge is 2.51. The minimum atomic E-state index is -0.668. The van der Waals surface area contributed by atoms with Gasteiger partial charge in [0.05, 0.1) is 30.7 Å². The monoisotopic (exact) mass is 688 g/mol. The topological polar surface area (TPSA) is 143 Å². The Morgan fingerprint density at radius 1 is 1.00 bits per heavy atom. The van der Waals surface area contributed by atoms with Crippen molar-refractivity contribution >= 4 is 40.7 Å². The number of fused-ring (bicyclic) bond motifs is 3. The number of benzene rings is 2. The van der Waals surface area contributed by atoms with Gasteiger partial charge in [-0.3, -0.25) is 14.9 Å². The lowest BCUT2D eigenvalue weighted by molar-refractivity contribution is 0.0633. The van der Waals surface area contributed by atoms with E-state index in [4.69, 9.17) is 9.47 Å². The van der Waals surface area contributed by atoms with Gasteiger partial charge in [-0.05, 0) is 75.1 Å². The maximum absolute atomic E-state index is 13.9. The van der Waals surface area contributed by atoms with E-state index in [1.807, 2.05) is 47.4 Å². The zero-order valence-corrected chi connectivity index (χ0v) is 29.5. The molecular formula is C38H40N8O5. The van der Waals surface area contributed by atoms with Crippen LogP contribution in [0.5, 0.6) is 5.75 Å². The van der Waals surface area contributed by atoms with Gasteiger partial charge in [0, 0.05) is 55.6 Å². The molecule has 13 heteroatoms. The minimum absolute atomic E-state index is 0.0557. The van der Waals surface area contributed by atoms with E-state index >= 15 is 0 Å². The zero-order chi connectivity index (χ0) is 36.1. The van der Waals surface area contributed by atoms with E-state index < -0.39 is 11.7 Å². The van der Waals surface area contributed by atoms with Crippen LogP contribution in [-0.4, -0.2) is 80.6 Å². The Labute approximate surface area is 295 Å². The number of nitrogens with zero attached hydrogens (tertiary/aromatic N) is 6. The Kier molecular flexibility index (Phi) is 8.36. The number of methoxy groups -OCH3 is 1. The van der Waals surface area contributed by atoms with Gasteiger partial charge >= 0.3 is 6.09 Å². The number of imidazole rings is 1. The summed E-state index contributed by atoms with van der Waals surface area (Å²) < 4.78 is 13.0. The molecule has 2 N–H and O–H groups in total. The molecule has 5 aromatic rings. The molecule has 3 amide bonds. The van der Waals surface area contributed by atoms with Crippen molar-refractivity contribution in [3.05, 3.63) is 95.6 Å². The SMILES string of the molecule is COc1c(Nc2cc(NC(=O)OC(C)(C)C)nn3ccnc23)cccc1-c1ccc2c(c1)C1(CC1)CN(Cc1cccc(C(=O)N(C)C)n1)C2=O. The molecule has 1 aliphatic heterocycles. The van der Waals surface area contributed by atoms with Crippen molar-refractivity contribution in [2.75, 3.05) is 38.4 Å². The first-order chi connectivity index (χ1) is 24.3. The van der Waals surface area contributed by atoms with Gasteiger partial charge in [0.15, 0.2) is 11.5 Å². The number of carbonyl (C=O) groups is 3. The number of rotatable bonds is 8. The highest BCUT2D eigenvalue weighted by Crippen LogP contribution is 2.53. The molecule has 1 fully saturated rings. The number of amides is 3. The Hall–Kier alpha value is -5.98. The first kappa shape index (κ1) is 33.5. The van der Waals surface area contributed by atoms with Crippen LogP contribution >= 0.6 is 0 Å². The van der Waals surface area contributed by atoms with E-state index in [-0.39, 0.29) is 23.0 Å². The minimum Gasteiger partial charge on any atom is -0.494 e. The van der Waals surface area contributed by atoms with E-state index in [0.717, 1.165) is 29.5 Å². The third-order valence-corrected chi connectivity index (χ3v) is 9.03. The molecule has 1 spiro atoms. The molecule has 0 unspecified atom stereocenters. The van der Waals surface area contributed by atoms with Gasteiger partial charge in [0.1, 0.15) is 17.0 Å². The maximum atomic E-state index is 13.9. The summed E-state index contributed by atoms with van der Waals surface area (Å²) in [4.78, 5) is 51.3.